The zero-order valence-electron chi connectivity index (χ0n) is 15.7. The van der Waals surface area contributed by atoms with Gasteiger partial charge in [-0.05, 0) is 31.5 Å². The number of ether oxygens (including phenoxy) is 1. The molecule has 2 aromatic carbocycles. The quantitative estimate of drug-likeness (QED) is 0.624. The van der Waals surface area contributed by atoms with E-state index in [2.05, 4.69) is 15.8 Å². The van der Waals surface area contributed by atoms with Crippen LogP contribution in [-0.2, 0) is 4.79 Å². The third kappa shape index (κ3) is 5.17. The number of nitrogens with one attached hydrogen (secondary N) is 2. The van der Waals surface area contributed by atoms with Crippen molar-refractivity contribution >= 4 is 23.2 Å². The van der Waals surface area contributed by atoms with Crippen LogP contribution in [0.25, 0.3) is 10.6 Å². The van der Waals surface area contributed by atoms with E-state index in [4.69, 9.17) is 4.74 Å². The molecule has 1 heterocycles. The van der Waals surface area contributed by atoms with Gasteiger partial charge in [0.05, 0.1) is 18.7 Å². The summed E-state index contributed by atoms with van der Waals surface area (Å²) in [6, 6.07) is 17.3. The second kappa shape index (κ2) is 9.14. The van der Waals surface area contributed by atoms with Gasteiger partial charge in [-0.2, -0.15) is 0 Å². The van der Waals surface area contributed by atoms with Crippen LogP contribution in [0.2, 0.25) is 0 Å². The molecule has 0 aliphatic heterocycles. The van der Waals surface area contributed by atoms with Crippen molar-refractivity contribution in [3.8, 4) is 16.3 Å². The van der Waals surface area contributed by atoms with E-state index in [0.29, 0.717) is 16.3 Å². The Bertz CT molecular complexity index is 970. The summed E-state index contributed by atoms with van der Waals surface area (Å²) in [4.78, 5) is 29.2. The number of hydrogen-bond donors (Lipinski definition) is 2. The molecule has 0 saturated heterocycles. The first-order valence-corrected chi connectivity index (χ1v) is 9.66. The number of hydrazine groups is 1. The number of hydrogen-bond acceptors (Lipinski definition) is 5. The van der Waals surface area contributed by atoms with Crippen molar-refractivity contribution in [3.63, 3.8) is 0 Å². The Morgan fingerprint density at radius 3 is 2.57 bits per heavy atom. The van der Waals surface area contributed by atoms with Gasteiger partial charge in [-0.3, -0.25) is 20.4 Å². The van der Waals surface area contributed by atoms with Gasteiger partial charge in [0.25, 0.3) is 5.91 Å². The highest BCUT2D eigenvalue weighted by Crippen LogP contribution is 2.27. The van der Waals surface area contributed by atoms with E-state index >= 15 is 0 Å². The summed E-state index contributed by atoms with van der Waals surface area (Å²) < 4.78 is 5.54. The Morgan fingerprint density at radius 2 is 1.82 bits per heavy atom. The minimum absolute atomic E-state index is 0.130. The van der Waals surface area contributed by atoms with E-state index in [1.54, 1.807) is 6.92 Å². The van der Waals surface area contributed by atoms with Gasteiger partial charge in [0.2, 0.25) is 5.91 Å². The molecular weight excluding hydrogens is 374 g/mol. The first-order chi connectivity index (χ1) is 13.5. The normalized spacial score (nSPS) is 10.4. The Labute approximate surface area is 167 Å². The van der Waals surface area contributed by atoms with Crippen molar-refractivity contribution < 1.29 is 14.3 Å². The van der Waals surface area contributed by atoms with Crippen molar-refractivity contribution in [1.82, 2.24) is 15.8 Å². The van der Waals surface area contributed by atoms with Crippen LogP contribution in [0.1, 0.15) is 27.3 Å². The minimum Gasteiger partial charge on any atom is -0.493 e. The molecule has 1 aromatic heterocycles. The summed E-state index contributed by atoms with van der Waals surface area (Å²) in [5.41, 5.74) is 7.52. The molecule has 28 heavy (non-hydrogen) atoms. The summed E-state index contributed by atoms with van der Waals surface area (Å²) >= 11 is 1.29. The maximum Gasteiger partial charge on any atom is 0.281 e. The SMILES string of the molecule is Cc1cccc(OCCC(=O)NNC(=O)c2sc(-c3ccccc3)nc2C)c1. The average Bonchev–Trinajstić information content (AvgIpc) is 3.09. The van der Waals surface area contributed by atoms with E-state index in [1.165, 1.54) is 11.3 Å². The zero-order chi connectivity index (χ0) is 19.9. The second-order valence-corrected chi connectivity index (χ2v) is 7.22. The number of thiazole rings is 1. The Morgan fingerprint density at radius 1 is 1.04 bits per heavy atom. The van der Waals surface area contributed by atoms with E-state index in [1.807, 2.05) is 61.5 Å². The molecule has 2 amide bonds. The lowest BCUT2D eigenvalue weighted by molar-refractivity contribution is -0.122. The highest BCUT2D eigenvalue weighted by atomic mass is 32.1. The van der Waals surface area contributed by atoms with E-state index in [0.717, 1.165) is 16.1 Å². The topological polar surface area (TPSA) is 80.3 Å². The van der Waals surface area contributed by atoms with Crippen LogP contribution in [0.3, 0.4) is 0 Å². The summed E-state index contributed by atoms with van der Waals surface area (Å²) in [6.07, 6.45) is 0.130. The maximum atomic E-state index is 12.4. The number of carbonyl (C=O) groups is 2. The van der Waals surface area contributed by atoms with Gasteiger partial charge >= 0.3 is 0 Å². The van der Waals surface area contributed by atoms with Crippen LogP contribution >= 0.6 is 11.3 Å². The average molecular weight is 395 g/mol. The van der Waals surface area contributed by atoms with Crippen LogP contribution in [0, 0.1) is 13.8 Å². The van der Waals surface area contributed by atoms with E-state index < -0.39 is 0 Å². The molecule has 6 nitrogen and oxygen atoms in total. The van der Waals surface area contributed by atoms with Crippen molar-refractivity contribution in [2.24, 2.45) is 0 Å². The molecule has 2 N–H and O–H groups in total. The summed E-state index contributed by atoms with van der Waals surface area (Å²) in [7, 11) is 0. The van der Waals surface area contributed by atoms with Gasteiger partial charge < -0.3 is 4.74 Å². The molecule has 0 bridgehead atoms. The van der Waals surface area contributed by atoms with Gasteiger partial charge in [-0.1, -0.05) is 42.5 Å². The molecule has 3 rings (SSSR count). The fourth-order valence-electron chi connectivity index (χ4n) is 2.52. The lowest BCUT2D eigenvalue weighted by Gasteiger charge is -2.08. The molecule has 0 fully saturated rings. The Balaban J connectivity index is 1.48. The number of rotatable bonds is 6. The third-order valence-corrected chi connectivity index (χ3v) is 5.13. The van der Waals surface area contributed by atoms with Crippen LogP contribution in [0.5, 0.6) is 5.75 Å². The zero-order valence-corrected chi connectivity index (χ0v) is 16.5. The summed E-state index contributed by atoms with van der Waals surface area (Å²) in [5, 5.41) is 0.765. The van der Waals surface area contributed by atoms with Gasteiger partial charge in [0.15, 0.2) is 0 Å². The lowest BCUT2D eigenvalue weighted by Crippen LogP contribution is -2.42. The van der Waals surface area contributed by atoms with Gasteiger partial charge in [0, 0.05) is 5.56 Å². The minimum atomic E-state index is -0.384. The van der Waals surface area contributed by atoms with Crippen LogP contribution < -0.4 is 15.6 Å². The molecule has 7 heteroatoms. The lowest BCUT2D eigenvalue weighted by atomic mass is 10.2. The van der Waals surface area contributed by atoms with Crippen molar-refractivity contribution in [2.75, 3.05) is 6.61 Å². The molecule has 0 radical (unpaired) electrons. The largest absolute Gasteiger partial charge is 0.493 e. The summed E-state index contributed by atoms with van der Waals surface area (Å²) in [6.45, 7) is 3.97. The standard InChI is InChI=1S/C21H21N3O3S/c1-14-7-6-10-17(13-14)27-12-11-18(25)23-24-20(26)19-15(2)22-21(28-19)16-8-4-3-5-9-16/h3-10,13H,11-12H2,1-2H3,(H,23,25)(H,24,26). The van der Waals surface area contributed by atoms with Gasteiger partial charge in [-0.25, -0.2) is 4.98 Å². The third-order valence-electron chi connectivity index (χ3n) is 3.93. The monoisotopic (exact) mass is 395 g/mol. The first kappa shape index (κ1) is 19.6. The molecule has 0 aliphatic rings. The van der Waals surface area contributed by atoms with E-state index in [-0.39, 0.29) is 24.8 Å². The predicted octanol–water partition coefficient (Wildman–Crippen LogP) is 3.66. The Hall–Kier alpha value is -3.19. The van der Waals surface area contributed by atoms with Crippen molar-refractivity contribution in [1.29, 1.82) is 0 Å². The van der Waals surface area contributed by atoms with Crippen molar-refractivity contribution in [2.45, 2.75) is 20.3 Å². The fraction of sp³-hybridized carbons (Fsp3) is 0.190. The van der Waals surface area contributed by atoms with E-state index in [9.17, 15) is 9.59 Å². The Kier molecular flexibility index (Phi) is 6.39. The van der Waals surface area contributed by atoms with Crippen LogP contribution in [-0.4, -0.2) is 23.4 Å². The number of aromatic nitrogens is 1. The molecule has 144 valence electrons. The maximum absolute atomic E-state index is 12.4. The smallest absolute Gasteiger partial charge is 0.281 e. The molecular formula is C21H21N3O3S. The number of nitrogens with zero attached hydrogens (tertiary/aromatic N) is 1. The predicted molar refractivity (Wildman–Crippen MR) is 109 cm³/mol. The molecule has 0 unspecified atom stereocenters. The highest BCUT2D eigenvalue weighted by Gasteiger charge is 2.16. The molecule has 0 saturated carbocycles. The van der Waals surface area contributed by atoms with Crippen molar-refractivity contribution in [3.05, 3.63) is 70.7 Å². The van der Waals surface area contributed by atoms with Gasteiger partial charge in [-0.15, -0.1) is 11.3 Å². The van der Waals surface area contributed by atoms with Crippen LogP contribution in [0.4, 0.5) is 0 Å². The van der Waals surface area contributed by atoms with Gasteiger partial charge in [0.1, 0.15) is 15.6 Å². The molecule has 0 atom stereocenters. The molecule has 0 spiro atoms. The molecule has 0 aliphatic carbocycles. The fourth-order valence-corrected chi connectivity index (χ4v) is 3.49. The number of aryl methyl sites for hydroxylation is 2. The number of carbonyl (C=O) groups excluding carboxylic acids is 2. The highest BCUT2D eigenvalue weighted by molar-refractivity contribution is 7.17. The number of benzene rings is 2. The second-order valence-electron chi connectivity index (χ2n) is 6.22. The number of amides is 2. The van der Waals surface area contributed by atoms with Crippen LogP contribution in [0.15, 0.2) is 54.6 Å². The first-order valence-electron chi connectivity index (χ1n) is 8.84. The summed E-state index contributed by atoms with van der Waals surface area (Å²) in [5.74, 6) is 0.00199. The molecule has 3 aromatic rings.